The molecule has 1 unspecified atom stereocenters. The highest BCUT2D eigenvalue weighted by molar-refractivity contribution is 5.77. The summed E-state index contributed by atoms with van der Waals surface area (Å²) in [5.74, 6) is 0.398. The van der Waals surface area contributed by atoms with E-state index in [0.717, 1.165) is 38.0 Å². The van der Waals surface area contributed by atoms with E-state index in [9.17, 15) is 4.79 Å². The highest BCUT2D eigenvalue weighted by Gasteiger charge is 2.37. The molecule has 3 aliphatic rings. The molecule has 20 heavy (non-hydrogen) atoms. The fourth-order valence-corrected chi connectivity index (χ4v) is 3.33. The van der Waals surface area contributed by atoms with Crippen LogP contribution in [-0.4, -0.2) is 43.7 Å². The lowest BCUT2D eigenvalue weighted by molar-refractivity contribution is -0.161. The summed E-state index contributed by atoms with van der Waals surface area (Å²) in [5.41, 5.74) is 0.960. The molecule has 4 nitrogen and oxygen atoms in total. The number of rotatable bonds is 4. The van der Waals surface area contributed by atoms with E-state index in [1.54, 1.807) is 7.05 Å². The Hall–Kier alpha value is -1.39. The number of likely N-dealkylation sites (N-methyl/N-ethyl adjacent to an activating group) is 1. The number of hydrogen-bond acceptors (Lipinski definition) is 4. The van der Waals surface area contributed by atoms with Crippen LogP contribution < -0.4 is 5.32 Å². The van der Waals surface area contributed by atoms with Crippen molar-refractivity contribution >= 4 is 5.97 Å². The van der Waals surface area contributed by atoms with E-state index < -0.39 is 0 Å². The molecule has 4 rings (SSSR count). The number of ether oxygens (including phenoxy) is 1. The normalized spacial score (nSPS) is 29.9. The molecule has 3 heterocycles. The summed E-state index contributed by atoms with van der Waals surface area (Å²) in [6, 6.07) is 9.39. The average Bonchev–Trinajstić information content (AvgIpc) is 2.50. The largest absolute Gasteiger partial charge is 0.459 e. The maximum atomic E-state index is 12.4. The van der Waals surface area contributed by atoms with E-state index in [1.807, 2.05) is 30.3 Å². The van der Waals surface area contributed by atoms with Crippen molar-refractivity contribution in [2.75, 3.05) is 26.7 Å². The molecule has 0 amide bonds. The Kier molecular flexibility index (Phi) is 4.03. The van der Waals surface area contributed by atoms with Crippen molar-refractivity contribution in [2.45, 2.75) is 25.0 Å². The topological polar surface area (TPSA) is 41.6 Å². The molecule has 3 fully saturated rings. The first-order chi connectivity index (χ1) is 9.78. The molecular formula is C16H22N2O2. The van der Waals surface area contributed by atoms with Crippen molar-refractivity contribution in [1.29, 1.82) is 0 Å². The molecule has 1 aromatic rings. The van der Waals surface area contributed by atoms with Crippen LogP contribution in [0.25, 0.3) is 0 Å². The van der Waals surface area contributed by atoms with Crippen LogP contribution in [0.5, 0.6) is 0 Å². The van der Waals surface area contributed by atoms with E-state index >= 15 is 0 Å². The van der Waals surface area contributed by atoms with Crippen LogP contribution in [0, 0.1) is 5.92 Å². The minimum Gasteiger partial charge on any atom is -0.459 e. The monoisotopic (exact) mass is 274 g/mol. The van der Waals surface area contributed by atoms with E-state index in [-0.39, 0.29) is 18.1 Å². The van der Waals surface area contributed by atoms with E-state index in [2.05, 4.69) is 10.2 Å². The van der Waals surface area contributed by atoms with Crippen molar-refractivity contribution in [2.24, 2.45) is 5.92 Å². The predicted octanol–water partition coefficient (Wildman–Crippen LogP) is 1.58. The first-order valence-electron chi connectivity index (χ1n) is 7.43. The van der Waals surface area contributed by atoms with Gasteiger partial charge in [-0.3, -0.25) is 4.90 Å². The lowest BCUT2D eigenvalue weighted by Crippen LogP contribution is -2.52. The molecule has 1 aromatic carbocycles. The van der Waals surface area contributed by atoms with Crippen molar-refractivity contribution in [3.8, 4) is 0 Å². The number of carbonyl (C=O) groups excluding carboxylic acids is 1. The number of esters is 1. The molecule has 0 radical (unpaired) electrons. The highest BCUT2D eigenvalue weighted by Crippen LogP contribution is 2.30. The van der Waals surface area contributed by atoms with Gasteiger partial charge in [-0.1, -0.05) is 30.3 Å². The zero-order chi connectivity index (χ0) is 13.9. The van der Waals surface area contributed by atoms with E-state index in [4.69, 9.17) is 4.74 Å². The number of carbonyl (C=O) groups is 1. The smallest absolute Gasteiger partial charge is 0.328 e. The molecule has 2 atom stereocenters. The van der Waals surface area contributed by atoms with Crippen LogP contribution in [0.2, 0.25) is 0 Å². The van der Waals surface area contributed by atoms with Gasteiger partial charge in [-0.15, -0.1) is 0 Å². The molecule has 0 aliphatic carbocycles. The zero-order valence-electron chi connectivity index (χ0n) is 11.9. The van der Waals surface area contributed by atoms with Gasteiger partial charge >= 0.3 is 5.97 Å². The summed E-state index contributed by atoms with van der Waals surface area (Å²) < 4.78 is 5.79. The Morgan fingerprint density at radius 1 is 1.30 bits per heavy atom. The number of nitrogens with zero attached hydrogens (tertiary/aromatic N) is 1. The number of benzene rings is 1. The molecule has 3 saturated heterocycles. The molecule has 0 saturated carbocycles. The summed E-state index contributed by atoms with van der Waals surface area (Å²) >= 11 is 0. The summed E-state index contributed by atoms with van der Waals surface area (Å²) in [7, 11) is 1.80. The van der Waals surface area contributed by atoms with Gasteiger partial charge < -0.3 is 10.1 Å². The standard InChI is InChI=1S/C16H22N2O2/c1-17-15(13-5-3-2-4-6-13)16(19)20-14-11-18-9-7-12(14)8-10-18/h2-6,12,14-15,17H,7-11H2,1H3/t14-,15?/m1/s1. The Bertz CT molecular complexity index is 455. The minimum absolute atomic E-state index is 0.0737. The van der Waals surface area contributed by atoms with Crippen LogP contribution in [0.3, 0.4) is 0 Å². The van der Waals surface area contributed by atoms with Crippen LogP contribution in [0.1, 0.15) is 24.4 Å². The first-order valence-corrected chi connectivity index (χ1v) is 7.43. The van der Waals surface area contributed by atoms with Gasteiger partial charge in [-0.05, 0) is 44.5 Å². The Balaban J connectivity index is 1.66. The third-order valence-electron chi connectivity index (χ3n) is 4.52. The summed E-state index contributed by atoms with van der Waals surface area (Å²) in [4.78, 5) is 14.8. The quantitative estimate of drug-likeness (QED) is 0.847. The molecule has 0 aromatic heterocycles. The highest BCUT2D eigenvalue weighted by atomic mass is 16.5. The molecule has 4 heteroatoms. The molecule has 108 valence electrons. The second kappa shape index (κ2) is 5.94. The molecule has 3 aliphatic heterocycles. The lowest BCUT2D eigenvalue weighted by Gasteiger charge is -2.44. The Labute approximate surface area is 120 Å². The van der Waals surface area contributed by atoms with Crippen LogP contribution in [0.15, 0.2) is 30.3 Å². The fourth-order valence-electron chi connectivity index (χ4n) is 3.33. The van der Waals surface area contributed by atoms with E-state index in [1.165, 1.54) is 0 Å². The number of piperidine rings is 3. The maximum absolute atomic E-state index is 12.4. The fraction of sp³-hybridized carbons (Fsp3) is 0.562. The Morgan fingerprint density at radius 2 is 2.00 bits per heavy atom. The van der Waals surface area contributed by atoms with Crippen molar-refractivity contribution in [3.05, 3.63) is 35.9 Å². The van der Waals surface area contributed by atoms with Gasteiger partial charge in [0, 0.05) is 6.54 Å². The number of nitrogens with one attached hydrogen (secondary N) is 1. The molecule has 2 bridgehead atoms. The number of fused-ring (bicyclic) bond motifs is 3. The SMILES string of the molecule is CNC(C(=O)O[C@@H]1CN2CCC1CC2)c1ccccc1. The first kappa shape index (κ1) is 13.6. The third kappa shape index (κ3) is 2.72. The second-order valence-corrected chi connectivity index (χ2v) is 5.75. The lowest BCUT2D eigenvalue weighted by atomic mass is 9.86. The predicted molar refractivity (Wildman–Crippen MR) is 77.3 cm³/mol. The van der Waals surface area contributed by atoms with Crippen molar-refractivity contribution < 1.29 is 9.53 Å². The van der Waals surface area contributed by atoms with Gasteiger partial charge in [-0.2, -0.15) is 0 Å². The molecular weight excluding hydrogens is 252 g/mol. The van der Waals surface area contributed by atoms with Crippen molar-refractivity contribution in [1.82, 2.24) is 10.2 Å². The summed E-state index contributed by atoms with van der Waals surface area (Å²) in [5, 5.41) is 3.06. The van der Waals surface area contributed by atoms with Gasteiger partial charge in [-0.25, -0.2) is 4.79 Å². The third-order valence-corrected chi connectivity index (χ3v) is 4.52. The van der Waals surface area contributed by atoms with Gasteiger partial charge in [0.2, 0.25) is 0 Å². The van der Waals surface area contributed by atoms with Crippen LogP contribution in [0.4, 0.5) is 0 Å². The maximum Gasteiger partial charge on any atom is 0.328 e. The van der Waals surface area contributed by atoms with E-state index in [0.29, 0.717) is 5.92 Å². The summed E-state index contributed by atoms with van der Waals surface area (Å²) in [6.07, 6.45) is 2.39. The average molecular weight is 274 g/mol. The van der Waals surface area contributed by atoms with Gasteiger partial charge in [0.05, 0.1) is 0 Å². The van der Waals surface area contributed by atoms with Crippen LogP contribution >= 0.6 is 0 Å². The van der Waals surface area contributed by atoms with Crippen LogP contribution in [-0.2, 0) is 9.53 Å². The number of hydrogen-bond donors (Lipinski definition) is 1. The zero-order valence-corrected chi connectivity index (χ0v) is 11.9. The molecule has 0 spiro atoms. The Morgan fingerprint density at radius 3 is 2.55 bits per heavy atom. The van der Waals surface area contributed by atoms with Crippen molar-refractivity contribution in [3.63, 3.8) is 0 Å². The minimum atomic E-state index is -0.369. The molecule has 1 N–H and O–H groups in total. The van der Waals surface area contributed by atoms with Gasteiger partial charge in [0.1, 0.15) is 12.1 Å². The summed E-state index contributed by atoms with van der Waals surface area (Å²) in [6.45, 7) is 3.22. The van der Waals surface area contributed by atoms with Gasteiger partial charge in [0.25, 0.3) is 0 Å². The second-order valence-electron chi connectivity index (χ2n) is 5.75. The van der Waals surface area contributed by atoms with Gasteiger partial charge in [0.15, 0.2) is 0 Å².